The van der Waals surface area contributed by atoms with E-state index in [1.807, 2.05) is 68.4 Å². The topological polar surface area (TPSA) is 70.2 Å². The molecule has 0 spiro atoms. The maximum absolute atomic E-state index is 12.6. The summed E-state index contributed by atoms with van der Waals surface area (Å²) in [6, 6.07) is 22.3. The second-order valence-corrected chi connectivity index (χ2v) is 6.53. The van der Waals surface area contributed by atoms with Crippen LogP contribution in [0.4, 0.5) is 17.1 Å². The lowest BCUT2D eigenvalue weighted by Crippen LogP contribution is -2.24. The first-order chi connectivity index (χ1) is 13.5. The molecule has 0 saturated carbocycles. The van der Waals surface area contributed by atoms with Gasteiger partial charge in [-0.3, -0.25) is 9.59 Å². The monoisotopic (exact) mass is 373 g/mol. The average molecular weight is 373 g/mol. The van der Waals surface area contributed by atoms with Gasteiger partial charge in [-0.1, -0.05) is 48.5 Å². The molecule has 5 heteroatoms. The van der Waals surface area contributed by atoms with Gasteiger partial charge in [0.05, 0.1) is 12.1 Å². The molecule has 3 aromatic rings. The number of carbonyl (C=O) groups excluding carboxylic acids is 2. The third-order valence-electron chi connectivity index (χ3n) is 4.39. The zero-order chi connectivity index (χ0) is 19.9. The minimum Gasteiger partial charge on any atom is -0.376 e. The van der Waals surface area contributed by atoms with Gasteiger partial charge < -0.3 is 16.0 Å². The van der Waals surface area contributed by atoms with Gasteiger partial charge in [-0.15, -0.1) is 0 Å². The number of anilines is 3. The van der Waals surface area contributed by atoms with Crippen molar-refractivity contribution in [3.63, 3.8) is 0 Å². The molecule has 2 amide bonds. The number of rotatable bonds is 6. The molecule has 0 unspecified atom stereocenters. The van der Waals surface area contributed by atoms with Crippen LogP contribution in [0.1, 0.15) is 21.5 Å². The Kier molecular flexibility index (Phi) is 6.07. The molecular formula is C23H23N3O2. The van der Waals surface area contributed by atoms with Crippen molar-refractivity contribution in [3.05, 3.63) is 89.5 Å². The third-order valence-corrected chi connectivity index (χ3v) is 4.39. The fraction of sp³-hybridized carbons (Fsp3) is 0.130. The first kappa shape index (κ1) is 19.2. The Labute approximate surface area is 164 Å². The zero-order valence-electron chi connectivity index (χ0n) is 16.0. The molecular weight excluding hydrogens is 350 g/mol. The van der Waals surface area contributed by atoms with Crippen LogP contribution < -0.4 is 16.0 Å². The van der Waals surface area contributed by atoms with Crippen molar-refractivity contribution in [1.29, 1.82) is 0 Å². The smallest absolute Gasteiger partial charge is 0.257 e. The number of carbonyl (C=O) groups is 2. The molecule has 0 atom stereocenters. The minimum atomic E-state index is -0.232. The number of aryl methyl sites for hydroxylation is 2. The fourth-order valence-corrected chi connectivity index (χ4v) is 2.93. The van der Waals surface area contributed by atoms with Crippen molar-refractivity contribution < 1.29 is 9.59 Å². The largest absolute Gasteiger partial charge is 0.376 e. The summed E-state index contributed by atoms with van der Waals surface area (Å²) < 4.78 is 0. The quantitative estimate of drug-likeness (QED) is 0.591. The molecule has 0 aromatic heterocycles. The first-order valence-electron chi connectivity index (χ1n) is 9.10. The van der Waals surface area contributed by atoms with E-state index in [4.69, 9.17) is 0 Å². The number of amides is 2. The number of nitrogens with one attached hydrogen (secondary N) is 3. The van der Waals surface area contributed by atoms with Crippen LogP contribution in [-0.4, -0.2) is 18.4 Å². The molecule has 3 aromatic carbocycles. The average Bonchev–Trinajstić information content (AvgIpc) is 2.70. The minimum absolute atomic E-state index is 0.0589. The van der Waals surface area contributed by atoms with Crippen molar-refractivity contribution in [2.75, 3.05) is 22.5 Å². The van der Waals surface area contributed by atoms with E-state index in [1.54, 1.807) is 18.2 Å². The van der Waals surface area contributed by atoms with Gasteiger partial charge in [0.25, 0.3) is 5.91 Å². The lowest BCUT2D eigenvalue weighted by molar-refractivity contribution is -0.114. The van der Waals surface area contributed by atoms with E-state index in [9.17, 15) is 9.59 Å². The van der Waals surface area contributed by atoms with Crippen LogP contribution in [0.3, 0.4) is 0 Å². The van der Waals surface area contributed by atoms with Crippen LogP contribution in [0.5, 0.6) is 0 Å². The van der Waals surface area contributed by atoms with Crippen molar-refractivity contribution in [2.45, 2.75) is 13.8 Å². The predicted octanol–water partition coefficient (Wildman–Crippen LogP) is 4.61. The maximum atomic E-state index is 12.6. The summed E-state index contributed by atoms with van der Waals surface area (Å²) in [5.74, 6) is -0.403. The second kappa shape index (κ2) is 8.86. The summed E-state index contributed by atoms with van der Waals surface area (Å²) in [6.07, 6.45) is 0. The van der Waals surface area contributed by atoms with Crippen LogP contribution in [0, 0.1) is 13.8 Å². The Morgan fingerprint density at radius 2 is 1.39 bits per heavy atom. The van der Waals surface area contributed by atoms with Crippen LogP contribution in [0.25, 0.3) is 0 Å². The Bertz CT molecular complexity index is 964. The van der Waals surface area contributed by atoms with Gasteiger partial charge in [0.2, 0.25) is 5.91 Å². The summed E-state index contributed by atoms with van der Waals surface area (Å²) in [5.41, 5.74) is 4.64. The molecule has 142 valence electrons. The maximum Gasteiger partial charge on any atom is 0.257 e. The Morgan fingerprint density at radius 3 is 2.11 bits per heavy atom. The van der Waals surface area contributed by atoms with Crippen LogP contribution in [-0.2, 0) is 4.79 Å². The number of para-hydroxylation sites is 3. The highest BCUT2D eigenvalue weighted by Crippen LogP contribution is 2.20. The Hall–Kier alpha value is -3.60. The lowest BCUT2D eigenvalue weighted by Gasteiger charge is -2.14. The molecule has 0 aliphatic rings. The summed E-state index contributed by atoms with van der Waals surface area (Å²) >= 11 is 0. The standard InChI is InChI=1S/C23H23N3O2/c1-16-9-8-10-17(2)22(16)26-21(27)15-24-20-14-7-6-13-19(20)23(28)25-18-11-4-3-5-12-18/h3-14,24H,15H2,1-2H3,(H,25,28)(H,26,27). The molecule has 28 heavy (non-hydrogen) atoms. The van der Waals surface area contributed by atoms with Gasteiger partial charge >= 0.3 is 0 Å². The first-order valence-corrected chi connectivity index (χ1v) is 9.10. The van der Waals surface area contributed by atoms with E-state index < -0.39 is 0 Å². The van der Waals surface area contributed by atoms with E-state index >= 15 is 0 Å². The molecule has 0 saturated heterocycles. The fourth-order valence-electron chi connectivity index (χ4n) is 2.93. The van der Waals surface area contributed by atoms with E-state index in [-0.39, 0.29) is 18.4 Å². The summed E-state index contributed by atoms with van der Waals surface area (Å²) in [5, 5.41) is 8.86. The Balaban J connectivity index is 1.66. The Morgan fingerprint density at radius 1 is 0.750 bits per heavy atom. The zero-order valence-corrected chi connectivity index (χ0v) is 16.0. The molecule has 0 radical (unpaired) electrons. The lowest BCUT2D eigenvalue weighted by atomic mass is 10.1. The number of benzene rings is 3. The van der Waals surface area contributed by atoms with Crippen LogP contribution >= 0.6 is 0 Å². The predicted molar refractivity (Wildman–Crippen MR) is 114 cm³/mol. The van der Waals surface area contributed by atoms with Crippen molar-refractivity contribution in [1.82, 2.24) is 0 Å². The molecule has 0 aliphatic heterocycles. The van der Waals surface area contributed by atoms with E-state index in [2.05, 4.69) is 16.0 Å². The van der Waals surface area contributed by atoms with E-state index in [1.165, 1.54) is 0 Å². The molecule has 3 N–H and O–H groups in total. The molecule has 5 nitrogen and oxygen atoms in total. The highest BCUT2D eigenvalue weighted by atomic mass is 16.2. The summed E-state index contributed by atoms with van der Waals surface area (Å²) in [4.78, 5) is 25.0. The third kappa shape index (κ3) is 4.76. The molecule has 3 rings (SSSR count). The van der Waals surface area contributed by atoms with Gasteiger partial charge in [0.1, 0.15) is 0 Å². The number of hydrogen-bond acceptors (Lipinski definition) is 3. The normalized spacial score (nSPS) is 10.2. The number of hydrogen-bond donors (Lipinski definition) is 3. The van der Waals surface area contributed by atoms with E-state index in [0.717, 1.165) is 22.5 Å². The SMILES string of the molecule is Cc1cccc(C)c1NC(=O)CNc1ccccc1C(=O)Nc1ccccc1. The van der Waals surface area contributed by atoms with Crippen LogP contribution in [0.15, 0.2) is 72.8 Å². The van der Waals surface area contributed by atoms with Crippen molar-refractivity contribution >= 4 is 28.9 Å². The highest BCUT2D eigenvalue weighted by Gasteiger charge is 2.13. The van der Waals surface area contributed by atoms with Crippen molar-refractivity contribution in [3.8, 4) is 0 Å². The van der Waals surface area contributed by atoms with Gasteiger partial charge in [-0.25, -0.2) is 0 Å². The summed E-state index contributed by atoms with van der Waals surface area (Å²) in [7, 11) is 0. The van der Waals surface area contributed by atoms with Gasteiger partial charge in [-0.2, -0.15) is 0 Å². The van der Waals surface area contributed by atoms with Crippen LogP contribution in [0.2, 0.25) is 0 Å². The van der Waals surface area contributed by atoms with Crippen molar-refractivity contribution in [2.24, 2.45) is 0 Å². The molecule has 0 heterocycles. The van der Waals surface area contributed by atoms with Gasteiger partial charge in [0.15, 0.2) is 0 Å². The second-order valence-electron chi connectivity index (χ2n) is 6.53. The molecule has 0 aliphatic carbocycles. The summed E-state index contributed by atoms with van der Waals surface area (Å²) in [6.45, 7) is 3.97. The van der Waals surface area contributed by atoms with Gasteiger partial charge in [-0.05, 0) is 49.2 Å². The molecule has 0 bridgehead atoms. The van der Waals surface area contributed by atoms with E-state index in [0.29, 0.717) is 11.3 Å². The molecule has 0 fully saturated rings. The highest BCUT2D eigenvalue weighted by molar-refractivity contribution is 6.08. The van der Waals surface area contributed by atoms with Gasteiger partial charge in [0, 0.05) is 17.1 Å².